The summed E-state index contributed by atoms with van der Waals surface area (Å²) >= 11 is 0. The van der Waals surface area contributed by atoms with Gasteiger partial charge >= 0.3 is 6.09 Å². The topological polar surface area (TPSA) is 38.8 Å². The molecule has 1 aliphatic heterocycles. The van der Waals surface area contributed by atoms with E-state index >= 15 is 0 Å². The molecule has 2 rings (SSSR count). The zero-order chi connectivity index (χ0) is 24.4. The van der Waals surface area contributed by atoms with E-state index in [-0.39, 0.29) is 30.2 Å². The number of amides is 1. The van der Waals surface area contributed by atoms with Crippen LogP contribution in [0, 0.1) is 35.1 Å². The second kappa shape index (κ2) is 10.6. The molecule has 1 saturated heterocycles. The quantitative estimate of drug-likeness (QED) is 0.341. The maximum Gasteiger partial charge on any atom is 0.415 e. The van der Waals surface area contributed by atoms with Crippen molar-refractivity contribution in [3.63, 3.8) is 0 Å². The molecule has 1 fully saturated rings. The lowest BCUT2D eigenvalue weighted by molar-refractivity contribution is 0.0844. The van der Waals surface area contributed by atoms with E-state index in [2.05, 4.69) is 64.9 Å². The van der Waals surface area contributed by atoms with Crippen molar-refractivity contribution in [3.05, 3.63) is 23.0 Å². The Morgan fingerprint density at radius 1 is 1.16 bits per heavy atom. The van der Waals surface area contributed by atoms with Crippen LogP contribution in [-0.4, -0.2) is 43.9 Å². The number of hydrogen-bond donors (Lipinski definition) is 0. The first-order chi connectivity index (χ1) is 14.7. The minimum absolute atomic E-state index is 0.0162. The molecular formula is C27H45NO3Si. The zero-order valence-electron chi connectivity index (χ0n) is 22.2. The van der Waals surface area contributed by atoms with E-state index in [4.69, 9.17) is 9.47 Å². The van der Waals surface area contributed by atoms with Crippen molar-refractivity contribution in [2.45, 2.75) is 99.6 Å². The number of carbonyl (C=O) groups excluding carboxylic acids is 1. The van der Waals surface area contributed by atoms with Gasteiger partial charge in [-0.2, -0.15) is 0 Å². The molecular weight excluding hydrogens is 414 g/mol. The highest BCUT2D eigenvalue weighted by molar-refractivity contribution is 6.83. The molecule has 5 heteroatoms. The fourth-order valence-corrected chi connectivity index (χ4v) is 5.67. The van der Waals surface area contributed by atoms with Gasteiger partial charge in [0.1, 0.15) is 13.8 Å². The van der Waals surface area contributed by atoms with E-state index in [9.17, 15) is 4.79 Å². The first-order valence-corrected chi connectivity index (χ1v) is 15.8. The van der Waals surface area contributed by atoms with Crippen molar-refractivity contribution in [1.29, 1.82) is 0 Å². The van der Waals surface area contributed by atoms with Crippen LogP contribution in [0.5, 0.6) is 0 Å². The van der Waals surface area contributed by atoms with Gasteiger partial charge < -0.3 is 14.4 Å². The van der Waals surface area contributed by atoms with Crippen molar-refractivity contribution < 1.29 is 14.3 Å². The molecule has 0 spiro atoms. The van der Waals surface area contributed by atoms with Gasteiger partial charge in [0.25, 0.3) is 0 Å². The Morgan fingerprint density at radius 3 is 2.25 bits per heavy atom. The monoisotopic (exact) mass is 459 g/mol. The van der Waals surface area contributed by atoms with Crippen molar-refractivity contribution in [2.24, 2.45) is 23.7 Å². The number of allylic oxidation sites excluding steroid dienone is 2. The molecule has 180 valence electrons. The molecule has 0 bridgehead atoms. The van der Waals surface area contributed by atoms with Crippen molar-refractivity contribution in [2.75, 3.05) is 6.61 Å². The molecule has 2 aliphatic rings. The Hall–Kier alpha value is -1.51. The fourth-order valence-electron chi connectivity index (χ4n) is 5.10. The molecule has 0 aromatic heterocycles. The molecule has 4 nitrogen and oxygen atoms in total. The maximum absolute atomic E-state index is 13.1. The smallest absolute Gasteiger partial charge is 0.415 e. The van der Waals surface area contributed by atoms with E-state index in [1.54, 1.807) is 0 Å². The molecule has 1 amide bonds. The van der Waals surface area contributed by atoms with E-state index < -0.39 is 8.07 Å². The van der Waals surface area contributed by atoms with Crippen LogP contribution in [0.2, 0.25) is 19.6 Å². The Morgan fingerprint density at radius 2 is 1.75 bits per heavy atom. The third kappa shape index (κ3) is 6.51. The van der Waals surface area contributed by atoms with Crippen LogP contribution in [-0.2, 0) is 9.47 Å². The summed E-state index contributed by atoms with van der Waals surface area (Å²) in [7, 11) is -1.42. The van der Waals surface area contributed by atoms with E-state index in [1.165, 1.54) is 0 Å². The van der Waals surface area contributed by atoms with Gasteiger partial charge in [-0.1, -0.05) is 39.4 Å². The molecule has 1 heterocycles. The van der Waals surface area contributed by atoms with Crippen LogP contribution in [0.3, 0.4) is 0 Å². The third-order valence-corrected chi connectivity index (χ3v) is 7.52. The first kappa shape index (κ1) is 26.7. The molecule has 0 aromatic rings. The number of carbonyl (C=O) groups is 1. The van der Waals surface area contributed by atoms with E-state index in [0.717, 1.165) is 29.9 Å². The average molecular weight is 460 g/mol. The van der Waals surface area contributed by atoms with Gasteiger partial charge in [-0.15, -0.1) is 5.54 Å². The molecule has 0 radical (unpaired) electrons. The van der Waals surface area contributed by atoms with E-state index in [1.807, 2.05) is 32.6 Å². The molecule has 4 atom stereocenters. The maximum atomic E-state index is 13.1. The largest absolute Gasteiger partial charge is 0.415 e. The average Bonchev–Trinajstić information content (AvgIpc) is 3.04. The Bertz CT molecular complexity index is 799. The summed E-state index contributed by atoms with van der Waals surface area (Å²) in [5.41, 5.74) is 5.69. The highest BCUT2D eigenvalue weighted by Gasteiger charge is 2.47. The minimum Gasteiger partial charge on any atom is -0.415 e. The third-order valence-electron chi connectivity index (χ3n) is 6.65. The van der Waals surface area contributed by atoms with Gasteiger partial charge in [0.2, 0.25) is 0 Å². The standard InChI is InChI=1S/C27H45NO3Si/c1-17(2)22-15-24(31-27(29)28(18(3)4)19(5)6)21(8)26-23(22)16-30-25(26)14-20(7)12-13-32(9,10)11/h14,17-19,22-23,25-26H,15-16H2,1-11H3/b20-14+/t22-,23-,25+,26+/m1/s1. The van der Waals surface area contributed by atoms with Crippen molar-refractivity contribution in [3.8, 4) is 11.5 Å². The highest BCUT2D eigenvalue weighted by Crippen LogP contribution is 2.48. The predicted octanol–water partition coefficient (Wildman–Crippen LogP) is 6.65. The Kier molecular flexibility index (Phi) is 8.87. The Balaban J connectivity index is 2.37. The fraction of sp³-hybridized carbons (Fsp3) is 0.741. The molecule has 0 unspecified atom stereocenters. The summed E-state index contributed by atoms with van der Waals surface area (Å²) in [6.45, 7) is 24.4. The number of ether oxygens (including phenoxy) is 2. The summed E-state index contributed by atoms with van der Waals surface area (Å²) in [5.74, 6) is 5.81. The molecule has 0 saturated carbocycles. The lowest BCUT2D eigenvalue weighted by atomic mass is 9.67. The second-order valence-electron chi connectivity index (χ2n) is 11.5. The van der Waals surface area contributed by atoms with E-state index in [0.29, 0.717) is 17.8 Å². The minimum atomic E-state index is -1.42. The van der Waals surface area contributed by atoms with Crippen LogP contribution in [0.15, 0.2) is 23.0 Å². The number of hydrogen-bond acceptors (Lipinski definition) is 3. The van der Waals surface area contributed by atoms with Gasteiger partial charge in [-0.3, -0.25) is 0 Å². The van der Waals surface area contributed by atoms with Gasteiger partial charge in [0.15, 0.2) is 0 Å². The van der Waals surface area contributed by atoms with Crippen molar-refractivity contribution in [1.82, 2.24) is 4.90 Å². The van der Waals surface area contributed by atoms with Crippen LogP contribution in [0.25, 0.3) is 0 Å². The van der Waals surface area contributed by atoms with Gasteiger partial charge in [-0.25, -0.2) is 4.79 Å². The summed E-state index contributed by atoms with van der Waals surface area (Å²) in [6, 6.07) is 0.192. The summed E-state index contributed by atoms with van der Waals surface area (Å²) < 4.78 is 12.4. The number of nitrogens with zero attached hydrogens (tertiary/aromatic N) is 1. The van der Waals surface area contributed by atoms with Crippen LogP contribution >= 0.6 is 0 Å². The lowest BCUT2D eigenvalue weighted by Crippen LogP contribution is -2.43. The lowest BCUT2D eigenvalue weighted by Gasteiger charge is -2.39. The molecule has 1 aliphatic carbocycles. The first-order valence-electron chi connectivity index (χ1n) is 12.3. The molecule has 0 aromatic carbocycles. The SMILES string of the molecule is CC1=C(OC(=O)N(C(C)C)C(C)C)C[C@H](C(C)C)[C@H]2CO[C@@H](/C=C(\C)C#C[Si](C)(C)C)[C@@H]12. The van der Waals surface area contributed by atoms with Crippen LogP contribution in [0.1, 0.15) is 61.8 Å². The Labute approximate surface area is 197 Å². The zero-order valence-corrected chi connectivity index (χ0v) is 23.2. The summed E-state index contributed by atoms with van der Waals surface area (Å²) in [6.07, 6.45) is 2.73. The summed E-state index contributed by atoms with van der Waals surface area (Å²) in [4.78, 5) is 14.9. The van der Waals surface area contributed by atoms with Gasteiger partial charge in [0.05, 0.1) is 12.7 Å². The molecule has 32 heavy (non-hydrogen) atoms. The second-order valence-corrected chi connectivity index (χ2v) is 16.3. The number of fused-ring (bicyclic) bond motifs is 1. The van der Waals surface area contributed by atoms with Gasteiger partial charge in [0, 0.05) is 24.4 Å². The molecule has 0 N–H and O–H groups in total. The highest BCUT2D eigenvalue weighted by atomic mass is 28.3. The van der Waals surface area contributed by atoms with Crippen molar-refractivity contribution >= 4 is 14.2 Å². The van der Waals surface area contributed by atoms with Crippen LogP contribution in [0.4, 0.5) is 4.79 Å². The van der Waals surface area contributed by atoms with Gasteiger partial charge in [-0.05, 0) is 76.5 Å². The predicted molar refractivity (Wildman–Crippen MR) is 136 cm³/mol. The summed E-state index contributed by atoms with van der Waals surface area (Å²) in [5, 5.41) is 0. The van der Waals surface area contributed by atoms with Crippen LogP contribution < -0.4 is 0 Å². The number of rotatable bonds is 5. The normalized spacial score (nSPS) is 26.4.